The van der Waals surface area contributed by atoms with Crippen molar-refractivity contribution >= 4 is 0 Å². The molecule has 19 heavy (non-hydrogen) atoms. The first-order valence-electron chi connectivity index (χ1n) is 5.70. The van der Waals surface area contributed by atoms with Gasteiger partial charge in [-0.2, -0.15) is 0 Å². The van der Waals surface area contributed by atoms with E-state index in [-0.39, 0.29) is 11.1 Å². The number of hydrogen-bond acceptors (Lipinski definition) is 5. The van der Waals surface area contributed by atoms with Crippen LogP contribution < -0.4 is 0 Å². The van der Waals surface area contributed by atoms with Crippen molar-refractivity contribution in [2.45, 2.75) is 31.0 Å². The molecule has 1 aliphatic rings. The van der Waals surface area contributed by atoms with Crippen LogP contribution >= 0.6 is 0 Å². The van der Waals surface area contributed by atoms with Gasteiger partial charge in [0.05, 0.1) is 13.2 Å². The molecule has 4 N–H and O–H groups in total. The molecule has 5 nitrogen and oxygen atoms in total. The second-order valence-electron chi connectivity index (χ2n) is 4.38. The Balaban J connectivity index is 2.37. The van der Waals surface area contributed by atoms with Crippen LogP contribution in [0.25, 0.3) is 0 Å². The zero-order valence-electron chi connectivity index (χ0n) is 9.83. The highest BCUT2D eigenvalue weighted by molar-refractivity contribution is 5.29. The lowest BCUT2D eigenvalue weighted by Gasteiger charge is -2.17. The molecule has 0 saturated carbocycles. The van der Waals surface area contributed by atoms with Crippen molar-refractivity contribution in [3.05, 3.63) is 34.9 Å². The molecular formula is C12H14F2O5. The molecule has 1 heterocycles. The second-order valence-corrected chi connectivity index (χ2v) is 4.38. The van der Waals surface area contributed by atoms with Gasteiger partial charge in [-0.15, -0.1) is 0 Å². The molecule has 2 unspecified atom stereocenters. The average Bonchev–Trinajstić information content (AvgIpc) is 2.67. The van der Waals surface area contributed by atoms with E-state index in [1.54, 1.807) is 0 Å². The third kappa shape index (κ3) is 2.47. The van der Waals surface area contributed by atoms with Crippen LogP contribution in [0.3, 0.4) is 0 Å². The predicted molar refractivity (Wildman–Crippen MR) is 59.0 cm³/mol. The van der Waals surface area contributed by atoms with Crippen molar-refractivity contribution in [2.75, 3.05) is 6.61 Å². The van der Waals surface area contributed by atoms with E-state index >= 15 is 0 Å². The molecule has 7 heteroatoms. The van der Waals surface area contributed by atoms with E-state index in [0.29, 0.717) is 6.07 Å². The van der Waals surface area contributed by atoms with Crippen LogP contribution in [-0.2, 0) is 11.3 Å². The molecule has 0 bridgehead atoms. The lowest BCUT2D eigenvalue weighted by Crippen LogP contribution is -2.32. The minimum Gasteiger partial charge on any atom is -0.394 e. The largest absolute Gasteiger partial charge is 0.394 e. The highest BCUT2D eigenvalue weighted by Crippen LogP contribution is 2.35. The molecule has 1 aromatic rings. The summed E-state index contributed by atoms with van der Waals surface area (Å²) in [5.41, 5.74) is -0.318. The number of benzene rings is 1. The quantitative estimate of drug-likeness (QED) is 0.604. The van der Waals surface area contributed by atoms with Gasteiger partial charge in [0.2, 0.25) is 0 Å². The molecule has 106 valence electrons. The molecule has 0 spiro atoms. The van der Waals surface area contributed by atoms with Gasteiger partial charge in [-0.05, 0) is 6.07 Å². The Kier molecular flexibility index (Phi) is 4.12. The summed E-state index contributed by atoms with van der Waals surface area (Å²) in [4.78, 5) is 0. The Morgan fingerprint density at radius 1 is 1.05 bits per heavy atom. The minimum absolute atomic E-state index is 0.144. The van der Waals surface area contributed by atoms with Crippen LogP contribution in [0, 0.1) is 11.6 Å². The summed E-state index contributed by atoms with van der Waals surface area (Å²) < 4.78 is 32.1. The Morgan fingerprint density at radius 2 is 1.74 bits per heavy atom. The monoisotopic (exact) mass is 276 g/mol. The number of aliphatic hydroxyl groups is 4. The SMILES string of the molecule is OCc1cc([C@@H]2O[C@H](CO)C(O)C2O)c(F)cc1F. The first-order valence-corrected chi connectivity index (χ1v) is 5.70. The van der Waals surface area contributed by atoms with Crippen molar-refractivity contribution in [2.24, 2.45) is 0 Å². The van der Waals surface area contributed by atoms with Gasteiger partial charge in [0.1, 0.15) is 36.1 Å². The van der Waals surface area contributed by atoms with E-state index in [1.165, 1.54) is 0 Å². The maximum Gasteiger partial charge on any atom is 0.132 e. The topological polar surface area (TPSA) is 90.2 Å². The maximum atomic E-state index is 13.7. The van der Waals surface area contributed by atoms with Crippen molar-refractivity contribution in [3.63, 3.8) is 0 Å². The summed E-state index contributed by atoms with van der Waals surface area (Å²) in [7, 11) is 0. The van der Waals surface area contributed by atoms with Crippen LogP contribution in [0.2, 0.25) is 0 Å². The van der Waals surface area contributed by atoms with Gasteiger partial charge in [-0.1, -0.05) is 0 Å². The summed E-state index contributed by atoms with van der Waals surface area (Å²) in [6, 6.07) is 1.61. The smallest absolute Gasteiger partial charge is 0.132 e. The third-order valence-electron chi connectivity index (χ3n) is 3.18. The van der Waals surface area contributed by atoms with Crippen molar-refractivity contribution in [1.29, 1.82) is 0 Å². The summed E-state index contributed by atoms with van der Waals surface area (Å²) in [5.74, 6) is -1.86. The lowest BCUT2D eigenvalue weighted by molar-refractivity contribution is -0.0237. The fourth-order valence-corrected chi connectivity index (χ4v) is 2.11. The number of aliphatic hydroxyl groups excluding tert-OH is 4. The number of rotatable bonds is 3. The van der Waals surface area contributed by atoms with E-state index in [0.717, 1.165) is 6.07 Å². The third-order valence-corrected chi connectivity index (χ3v) is 3.18. The predicted octanol–water partition coefficient (Wildman–Crippen LogP) is -0.389. The highest BCUT2D eigenvalue weighted by Gasteiger charge is 2.44. The van der Waals surface area contributed by atoms with Crippen molar-refractivity contribution < 1.29 is 33.9 Å². The first kappa shape index (κ1) is 14.3. The van der Waals surface area contributed by atoms with E-state index < -0.39 is 49.3 Å². The molecule has 0 amide bonds. The molecular weight excluding hydrogens is 262 g/mol. The summed E-state index contributed by atoms with van der Waals surface area (Å²) in [5, 5.41) is 37.2. The minimum atomic E-state index is -1.44. The van der Waals surface area contributed by atoms with Gasteiger partial charge in [-0.3, -0.25) is 0 Å². The van der Waals surface area contributed by atoms with Crippen LogP contribution in [0.15, 0.2) is 12.1 Å². The molecule has 1 aliphatic heterocycles. The Labute approximate surface area is 107 Å². The molecule has 0 aliphatic carbocycles. The average molecular weight is 276 g/mol. The van der Waals surface area contributed by atoms with E-state index in [4.69, 9.17) is 14.9 Å². The van der Waals surface area contributed by atoms with E-state index in [2.05, 4.69) is 0 Å². The van der Waals surface area contributed by atoms with Crippen LogP contribution in [0.1, 0.15) is 17.2 Å². The van der Waals surface area contributed by atoms with Crippen molar-refractivity contribution in [1.82, 2.24) is 0 Å². The number of hydrogen-bond donors (Lipinski definition) is 4. The normalized spacial score (nSPS) is 30.8. The van der Waals surface area contributed by atoms with Gasteiger partial charge in [-0.25, -0.2) is 8.78 Å². The van der Waals surface area contributed by atoms with Crippen LogP contribution in [0.5, 0.6) is 0 Å². The Hall–Kier alpha value is -1.12. The fourth-order valence-electron chi connectivity index (χ4n) is 2.11. The number of ether oxygens (including phenoxy) is 1. The molecule has 0 radical (unpaired) electrons. The molecule has 1 saturated heterocycles. The summed E-state index contributed by atoms with van der Waals surface area (Å²) in [6.45, 7) is -1.17. The van der Waals surface area contributed by atoms with Gasteiger partial charge >= 0.3 is 0 Å². The van der Waals surface area contributed by atoms with Gasteiger partial charge < -0.3 is 25.2 Å². The fraction of sp³-hybridized carbons (Fsp3) is 0.500. The Morgan fingerprint density at radius 3 is 2.26 bits per heavy atom. The second kappa shape index (κ2) is 5.48. The van der Waals surface area contributed by atoms with E-state index in [9.17, 15) is 19.0 Å². The van der Waals surface area contributed by atoms with Gasteiger partial charge in [0, 0.05) is 17.2 Å². The van der Waals surface area contributed by atoms with Crippen LogP contribution in [0.4, 0.5) is 8.78 Å². The molecule has 1 fully saturated rings. The standard InChI is InChI=1S/C12H14F2O5/c13-7-2-8(14)6(1-5(7)3-15)12-11(18)10(17)9(4-16)19-12/h1-2,9-12,15-18H,3-4H2/t9-,10?,11?,12+/m1/s1. The molecule has 2 rings (SSSR count). The summed E-state index contributed by atoms with van der Waals surface area (Å²) in [6.07, 6.45) is -5.07. The highest BCUT2D eigenvalue weighted by atomic mass is 19.1. The summed E-state index contributed by atoms with van der Waals surface area (Å²) >= 11 is 0. The maximum absolute atomic E-state index is 13.7. The Bertz CT molecular complexity index is 468. The van der Waals surface area contributed by atoms with Crippen molar-refractivity contribution in [3.8, 4) is 0 Å². The zero-order valence-corrected chi connectivity index (χ0v) is 9.83. The lowest BCUT2D eigenvalue weighted by atomic mass is 9.99. The molecule has 1 aromatic carbocycles. The number of halogens is 2. The van der Waals surface area contributed by atoms with Crippen LogP contribution in [-0.4, -0.2) is 45.3 Å². The van der Waals surface area contributed by atoms with E-state index in [1.807, 2.05) is 0 Å². The zero-order chi connectivity index (χ0) is 14.2. The molecule has 4 atom stereocenters. The van der Waals surface area contributed by atoms with Gasteiger partial charge in [0.15, 0.2) is 0 Å². The van der Waals surface area contributed by atoms with Gasteiger partial charge in [0.25, 0.3) is 0 Å². The first-order chi connectivity index (χ1) is 8.99. The molecule has 0 aromatic heterocycles.